The molecular weight excluding hydrogens is 459 g/mol. The van der Waals surface area contributed by atoms with Crippen molar-refractivity contribution in [1.82, 2.24) is 20.5 Å². The highest BCUT2D eigenvalue weighted by Gasteiger charge is 2.20. The summed E-state index contributed by atoms with van der Waals surface area (Å²) in [5, 5.41) is 5.93. The molecule has 3 rings (SSSR count). The lowest BCUT2D eigenvalue weighted by Crippen LogP contribution is -2.53. The van der Waals surface area contributed by atoms with Gasteiger partial charge in [-0.3, -0.25) is 9.79 Å². The number of nitrogens with one attached hydrogen (secondary N) is 2. The second kappa shape index (κ2) is 10.8. The molecule has 8 nitrogen and oxygen atoms in total. The Morgan fingerprint density at radius 3 is 2.63 bits per heavy atom. The van der Waals surface area contributed by atoms with Gasteiger partial charge in [0.05, 0.1) is 19.4 Å². The van der Waals surface area contributed by atoms with E-state index < -0.39 is 0 Å². The molecule has 0 aliphatic carbocycles. The van der Waals surface area contributed by atoms with E-state index in [0.717, 1.165) is 43.7 Å². The molecule has 1 aliphatic heterocycles. The highest BCUT2D eigenvalue weighted by atomic mass is 127. The molecule has 0 atom stereocenters. The van der Waals surface area contributed by atoms with Crippen LogP contribution in [0.15, 0.2) is 52.2 Å². The quantitative estimate of drug-likeness (QED) is 0.378. The molecule has 1 aliphatic rings. The van der Waals surface area contributed by atoms with Gasteiger partial charge in [-0.15, -0.1) is 24.0 Å². The number of piperazine rings is 1. The van der Waals surface area contributed by atoms with Crippen molar-refractivity contribution in [3.8, 4) is 0 Å². The highest BCUT2D eigenvalue weighted by Crippen LogP contribution is 2.12. The zero-order chi connectivity index (χ0) is 18.2. The summed E-state index contributed by atoms with van der Waals surface area (Å²) in [7, 11) is 1.73. The molecule has 2 N–H and O–H groups in total. The number of pyridine rings is 1. The van der Waals surface area contributed by atoms with Crippen molar-refractivity contribution in [3.05, 3.63) is 48.6 Å². The number of hydrogen-bond donors (Lipinski definition) is 2. The maximum absolute atomic E-state index is 12.0. The molecule has 1 saturated heterocycles. The molecule has 0 spiro atoms. The first-order valence-electron chi connectivity index (χ1n) is 8.67. The first kappa shape index (κ1) is 21.0. The number of aliphatic imine (C=N–C) groups is 1. The van der Waals surface area contributed by atoms with Crippen molar-refractivity contribution in [2.75, 3.05) is 44.7 Å². The number of carbonyl (C=O) groups excluding carboxylic acids is 1. The fourth-order valence-corrected chi connectivity index (χ4v) is 2.84. The van der Waals surface area contributed by atoms with Crippen molar-refractivity contribution in [3.63, 3.8) is 0 Å². The van der Waals surface area contributed by atoms with E-state index in [1.165, 1.54) is 0 Å². The summed E-state index contributed by atoms with van der Waals surface area (Å²) in [5.41, 5.74) is 0. The standard InChI is InChI=1S/C18H24N6O2.HI/c1-19-18(22-14-17(25)21-13-15-5-4-12-26-15)24-10-8-23(9-11-24)16-6-2-3-7-20-16;/h2-7,12H,8-11,13-14H2,1H3,(H,19,22)(H,21,25);1H. The first-order valence-corrected chi connectivity index (χ1v) is 8.67. The Bertz CT molecular complexity index is 715. The van der Waals surface area contributed by atoms with Gasteiger partial charge in [-0.25, -0.2) is 4.98 Å². The van der Waals surface area contributed by atoms with E-state index in [0.29, 0.717) is 6.54 Å². The smallest absolute Gasteiger partial charge is 0.239 e. The topological polar surface area (TPSA) is 86.0 Å². The van der Waals surface area contributed by atoms with Gasteiger partial charge in [0.15, 0.2) is 5.96 Å². The second-order valence-electron chi connectivity index (χ2n) is 5.92. The number of guanidine groups is 1. The van der Waals surface area contributed by atoms with Crippen LogP contribution in [0.2, 0.25) is 0 Å². The van der Waals surface area contributed by atoms with Gasteiger partial charge in [0.2, 0.25) is 5.91 Å². The van der Waals surface area contributed by atoms with Crippen LogP contribution in [-0.2, 0) is 11.3 Å². The van der Waals surface area contributed by atoms with Crippen LogP contribution in [0.1, 0.15) is 5.76 Å². The van der Waals surface area contributed by atoms with Gasteiger partial charge in [-0.1, -0.05) is 6.07 Å². The van der Waals surface area contributed by atoms with Crippen molar-refractivity contribution in [2.45, 2.75) is 6.54 Å². The molecule has 0 bridgehead atoms. The van der Waals surface area contributed by atoms with E-state index in [1.807, 2.05) is 30.5 Å². The molecule has 9 heteroatoms. The van der Waals surface area contributed by atoms with E-state index in [-0.39, 0.29) is 36.4 Å². The van der Waals surface area contributed by atoms with Gasteiger partial charge < -0.3 is 24.9 Å². The fourth-order valence-electron chi connectivity index (χ4n) is 2.84. The molecule has 3 heterocycles. The third kappa shape index (κ3) is 6.12. The van der Waals surface area contributed by atoms with Gasteiger partial charge in [0.25, 0.3) is 0 Å². The minimum absolute atomic E-state index is 0. The van der Waals surface area contributed by atoms with Crippen LogP contribution < -0.4 is 15.5 Å². The largest absolute Gasteiger partial charge is 0.467 e. The van der Waals surface area contributed by atoms with E-state index in [1.54, 1.807) is 19.4 Å². The molecule has 2 aromatic heterocycles. The Morgan fingerprint density at radius 2 is 2.00 bits per heavy atom. The van der Waals surface area contributed by atoms with E-state index >= 15 is 0 Å². The predicted molar refractivity (Wildman–Crippen MR) is 115 cm³/mol. The predicted octanol–water partition coefficient (Wildman–Crippen LogP) is 1.31. The van der Waals surface area contributed by atoms with Gasteiger partial charge >= 0.3 is 0 Å². The first-order chi connectivity index (χ1) is 12.8. The monoisotopic (exact) mass is 484 g/mol. The summed E-state index contributed by atoms with van der Waals surface area (Å²) < 4.78 is 5.20. The maximum Gasteiger partial charge on any atom is 0.239 e. The number of nitrogens with zero attached hydrogens (tertiary/aromatic N) is 4. The second-order valence-corrected chi connectivity index (χ2v) is 5.92. The summed E-state index contributed by atoms with van der Waals surface area (Å²) >= 11 is 0. The summed E-state index contributed by atoms with van der Waals surface area (Å²) in [5.74, 6) is 2.36. The Morgan fingerprint density at radius 1 is 1.19 bits per heavy atom. The zero-order valence-electron chi connectivity index (χ0n) is 15.3. The Hall–Kier alpha value is -2.30. The van der Waals surface area contributed by atoms with Crippen LogP contribution >= 0.6 is 24.0 Å². The molecule has 0 aromatic carbocycles. The lowest BCUT2D eigenvalue weighted by molar-refractivity contribution is -0.120. The normalized spacial score (nSPS) is 14.5. The SMILES string of the molecule is CN=C(NCC(=O)NCc1ccco1)N1CCN(c2ccccn2)CC1.I. The van der Waals surface area contributed by atoms with Crippen LogP contribution in [0, 0.1) is 0 Å². The molecule has 146 valence electrons. The number of aromatic nitrogens is 1. The van der Waals surface area contributed by atoms with Crippen molar-refractivity contribution < 1.29 is 9.21 Å². The lowest BCUT2D eigenvalue weighted by atomic mass is 10.3. The molecule has 27 heavy (non-hydrogen) atoms. The van der Waals surface area contributed by atoms with Gasteiger partial charge in [0, 0.05) is 39.4 Å². The number of carbonyl (C=O) groups is 1. The molecule has 1 amide bonds. The van der Waals surface area contributed by atoms with Crippen LogP contribution in [0.25, 0.3) is 0 Å². The zero-order valence-corrected chi connectivity index (χ0v) is 17.6. The number of rotatable bonds is 5. The Kier molecular flexibility index (Phi) is 8.37. The van der Waals surface area contributed by atoms with Crippen LogP contribution in [0.3, 0.4) is 0 Å². The van der Waals surface area contributed by atoms with Gasteiger partial charge in [-0.2, -0.15) is 0 Å². The summed E-state index contributed by atoms with van der Waals surface area (Å²) in [6, 6.07) is 9.56. The minimum Gasteiger partial charge on any atom is -0.467 e. The fraction of sp³-hybridized carbons (Fsp3) is 0.389. The third-order valence-corrected chi connectivity index (χ3v) is 4.21. The van der Waals surface area contributed by atoms with Crippen molar-refractivity contribution >= 4 is 41.7 Å². The lowest BCUT2D eigenvalue weighted by Gasteiger charge is -2.37. The van der Waals surface area contributed by atoms with Gasteiger partial charge in [-0.05, 0) is 24.3 Å². The van der Waals surface area contributed by atoms with Crippen LogP contribution in [0.5, 0.6) is 0 Å². The molecule has 1 fully saturated rings. The van der Waals surface area contributed by atoms with Crippen molar-refractivity contribution in [1.29, 1.82) is 0 Å². The molecule has 2 aromatic rings. The number of halogens is 1. The molecule has 0 saturated carbocycles. The summed E-state index contributed by atoms with van der Waals surface area (Å²) in [4.78, 5) is 25.1. The maximum atomic E-state index is 12.0. The van der Waals surface area contributed by atoms with Crippen LogP contribution in [0.4, 0.5) is 5.82 Å². The Labute approximate surface area is 176 Å². The number of amides is 1. The number of hydrogen-bond acceptors (Lipinski definition) is 5. The van der Waals surface area contributed by atoms with E-state index in [4.69, 9.17) is 4.42 Å². The Balaban J connectivity index is 0.00000261. The van der Waals surface area contributed by atoms with E-state index in [9.17, 15) is 4.79 Å². The van der Waals surface area contributed by atoms with E-state index in [2.05, 4.69) is 30.4 Å². The summed E-state index contributed by atoms with van der Waals surface area (Å²) in [6.07, 6.45) is 3.40. The average molecular weight is 484 g/mol. The number of anilines is 1. The van der Waals surface area contributed by atoms with Gasteiger partial charge in [0.1, 0.15) is 11.6 Å². The van der Waals surface area contributed by atoms with Crippen molar-refractivity contribution in [2.24, 2.45) is 4.99 Å². The average Bonchev–Trinajstić information content (AvgIpc) is 3.22. The number of furan rings is 1. The highest BCUT2D eigenvalue weighted by molar-refractivity contribution is 14.0. The third-order valence-electron chi connectivity index (χ3n) is 4.21. The molecular formula is C18H25IN6O2. The minimum atomic E-state index is -0.102. The molecule has 0 radical (unpaired) electrons. The summed E-state index contributed by atoms with van der Waals surface area (Å²) in [6.45, 7) is 3.93. The van der Waals surface area contributed by atoms with Crippen LogP contribution in [-0.4, -0.2) is 61.5 Å². The molecule has 0 unspecified atom stereocenters.